The molecule has 0 bridgehead atoms. The number of alkyl halides is 3. The van der Waals surface area contributed by atoms with Crippen molar-refractivity contribution in [3.63, 3.8) is 0 Å². The topological polar surface area (TPSA) is 85.9 Å². The third-order valence-corrected chi connectivity index (χ3v) is 7.06. The van der Waals surface area contributed by atoms with Crippen molar-refractivity contribution in [3.8, 4) is 22.6 Å². The van der Waals surface area contributed by atoms with E-state index in [1.54, 1.807) is 30.3 Å². The first-order chi connectivity index (χ1) is 18.7. The Labute approximate surface area is 221 Å². The van der Waals surface area contributed by atoms with E-state index in [-0.39, 0.29) is 35.7 Å². The van der Waals surface area contributed by atoms with E-state index in [4.69, 9.17) is 4.42 Å². The lowest BCUT2D eigenvalue weighted by Gasteiger charge is -2.32. The van der Waals surface area contributed by atoms with Crippen LogP contribution in [0.3, 0.4) is 0 Å². The van der Waals surface area contributed by atoms with E-state index < -0.39 is 17.6 Å². The lowest BCUT2D eigenvalue weighted by molar-refractivity contribution is -0.136. The van der Waals surface area contributed by atoms with Gasteiger partial charge in [-0.2, -0.15) is 18.3 Å². The van der Waals surface area contributed by atoms with E-state index in [0.717, 1.165) is 6.07 Å². The van der Waals surface area contributed by atoms with Crippen LogP contribution in [0.4, 0.5) is 17.6 Å². The van der Waals surface area contributed by atoms with Crippen molar-refractivity contribution < 1.29 is 27.1 Å². The minimum Gasteiger partial charge on any atom is -0.435 e. The van der Waals surface area contributed by atoms with Crippen molar-refractivity contribution in [2.24, 2.45) is 5.10 Å². The molecule has 1 aliphatic heterocycles. The van der Waals surface area contributed by atoms with Gasteiger partial charge in [0.05, 0.1) is 6.10 Å². The molecule has 2 heterocycles. The zero-order valence-electron chi connectivity index (χ0n) is 20.9. The first-order valence-corrected chi connectivity index (χ1v) is 12.5. The molecule has 39 heavy (non-hydrogen) atoms. The average molecular weight is 540 g/mol. The lowest BCUT2D eigenvalue weighted by Crippen LogP contribution is -2.43. The number of nitrogens with one attached hydrogen (secondary N) is 2. The number of amidine groups is 1. The molecular formula is C28H25F4N5O2. The largest absolute Gasteiger partial charge is 0.435 e. The van der Waals surface area contributed by atoms with Crippen LogP contribution in [0.25, 0.3) is 33.7 Å². The second kappa shape index (κ2) is 9.65. The number of nitrogens with zero attached hydrogens (tertiary/aromatic N) is 3. The Morgan fingerprint density at radius 1 is 1.08 bits per heavy atom. The number of benzene rings is 3. The Morgan fingerprint density at radius 3 is 2.59 bits per heavy atom. The summed E-state index contributed by atoms with van der Waals surface area (Å²) in [4.78, 5) is 6.26. The second-order valence-electron chi connectivity index (χ2n) is 9.93. The summed E-state index contributed by atoms with van der Waals surface area (Å²) in [5, 5.41) is 16.9. The normalized spacial score (nSPS) is 19.2. The number of fused-ring (bicyclic) bond motifs is 1. The van der Waals surface area contributed by atoms with Gasteiger partial charge in [0.15, 0.2) is 11.4 Å². The summed E-state index contributed by atoms with van der Waals surface area (Å²) >= 11 is 0. The summed E-state index contributed by atoms with van der Waals surface area (Å²) in [5.74, 6) is 0.208. The maximum Gasteiger partial charge on any atom is 0.420 e. The van der Waals surface area contributed by atoms with Crippen LogP contribution in [0.2, 0.25) is 0 Å². The average Bonchev–Trinajstić information content (AvgIpc) is 3.51. The fourth-order valence-electron chi connectivity index (χ4n) is 4.96. The molecule has 0 unspecified atom stereocenters. The summed E-state index contributed by atoms with van der Waals surface area (Å²) in [6.07, 6.45) is -3.84. The fourth-order valence-corrected chi connectivity index (χ4v) is 4.96. The van der Waals surface area contributed by atoms with E-state index in [1.807, 2.05) is 18.0 Å². The SMILES string of the molecule is CN1CNN=C1c1cc(F)ccc1-c1cccc(-c2nc3cc(CNC4CC(O)C4)cc(C(F)(F)F)c3o2)c1. The number of rotatable bonds is 6. The van der Waals surface area contributed by atoms with Crippen LogP contribution in [-0.4, -0.2) is 46.7 Å². The van der Waals surface area contributed by atoms with Gasteiger partial charge in [-0.1, -0.05) is 18.2 Å². The number of aliphatic hydroxyl groups is 1. The molecule has 4 aromatic rings. The highest BCUT2D eigenvalue weighted by molar-refractivity contribution is 6.05. The summed E-state index contributed by atoms with van der Waals surface area (Å²) in [5.41, 5.74) is 4.65. The molecular weight excluding hydrogens is 514 g/mol. The number of hydrogen-bond acceptors (Lipinski definition) is 7. The molecule has 0 amide bonds. The summed E-state index contributed by atoms with van der Waals surface area (Å²) < 4.78 is 61.9. The number of oxazole rings is 1. The third kappa shape index (κ3) is 4.95. The molecule has 0 atom stereocenters. The Hall–Kier alpha value is -3.96. The molecule has 0 radical (unpaired) electrons. The highest BCUT2D eigenvalue weighted by atomic mass is 19.4. The molecule has 11 heteroatoms. The van der Waals surface area contributed by atoms with E-state index in [0.29, 0.717) is 53.2 Å². The van der Waals surface area contributed by atoms with Crippen molar-refractivity contribution in [2.45, 2.75) is 37.7 Å². The minimum absolute atomic E-state index is 0.0465. The van der Waals surface area contributed by atoms with Crippen LogP contribution in [0.5, 0.6) is 0 Å². The van der Waals surface area contributed by atoms with Gasteiger partial charge in [0, 0.05) is 30.8 Å². The number of hydrazone groups is 1. The molecule has 7 nitrogen and oxygen atoms in total. The fraction of sp³-hybridized carbons (Fsp3) is 0.286. The van der Waals surface area contributed by atoms with Crippen molar-refractivity contribution in [3.05, 3.63) is 77.1 Å². The summed E-state index contributed by atoms with van der Waals surface area (Å²) in [7, 11) is 1.83. The van der Waals surface area contributed by atoms with Gasteiger partial charge >= 0.3 is 6.18 Å². The van der Waals surface area contributed by atoms with Crippen LogP contribution in [0, 0.1) is 5.82 Å². The summed E-state index contributed by atoms with van der Waals surface area (Å²) in [6.45, 7) is 0.699. The molecule has 3 N–H and O–H groups in total. The van der Waals surface area contributed by atoms with Gasteiger partial charge in [-0.3, -0.25) is 5.43 Å². The maximum atomic E-state index is 14.2. The van der Waals surface area contributed by atoms with Gasteiger partial charge in [-0.15, -0.1) is 0 Å². The smallest absolute Gasteiger partial charge is 0.420 e. The van der Waals surface area contributed by atoms with Gasteiger partial charge in [-0.25, -0.2) is 9.37 Å². The molecule has 1 saturated carbocycles. The highest BCUT2D eigenvalue weighted by Gasteiger charge is 2.36. The second-order valence-corrected chi connectivity index (χ2v) is 9.93. The summed E-state index contributed by atoms with van der Waals surface area (Å²) in [6, 6.07) is 14.2. The molecule has 202 valence electrons. The van der Waals surface area contributed by atoms with Crippen molar-refractivity contribution in [1.29, 1.82) is 0 Å². The molecule has 0 spiro atoms. The molecule has 3 aromatic carbocycles. The third-order valence-electron chi connectivity index (χ3n) is 7.06. The van der Waals surface area contributed by atoms with E-state index >= 15 is 0 Å². The zero-order valence-corrected chi connectivity index (χ0v) is 20.9. The van der Waals surface area contributed by atoms with Crippen LogP contribution >= 0.6 is 0 Å². The first-order valence-electron chi connectivity index (χ1n) is 12.5. The first kappa shape index (κ1) is 25.3. The standard InChI is InChI=1S/C28H25F4N5O2/c1-37-14-34-36-26(37)22-10-18(29)5-6-21(22)16-3-2-4-17(9-16)27-35-24-8-15(13-33-19-11-20(38)12-19)7-23(25(24)39-27)28(30,31)32/h2-10,19-20,33-34,38H,11-14H2,1H3. The monoisotopic (exact) mass is 539 g/mol. The minimum atomic E-state index is -4.63. The van der Waals surface area contributed by atoms with Gasteiger partial charge in [-0.05, 0) is 65.9 Å². The molecule has 1 aromatic heterocycles. The van der Waals surface area contributed by atoms with E-state index in [2.05, 4.69) is 20.8 Å². The predicted molar refractivity (Wildman–Crippen MR) is 138 cm³/mol. The molecule has 1 aliphatic carbocycles. The van der Waals surface area contributed by atoms with E-state index in [9.17, 15) is 22.7 Å². The number of halogens is 4. The number of aliphatic hydroxyl groups excluding tert-OH is 1. The molecule has 0 saturated heterocycles. The Bertz CT molecular complexity index is 1580. The Balaban J connectivity index is 1.38. The zero-order chi connectivity index (χ0) is 27.3. The number of aromatic nitrogens is 1. The van der Waals surface area contributed by atoms with Gasteiger partial charge in [0.25, 0.3) is 0 Å². The van der Waals surface area contributed by atoms with Crippen LogP contribution in [0.15, 0.2) is 64.1 Å². The predicted octanol–water partition coefficient (Wildman–Crippen LogP) is 5.09. The highest BCUT2D eigenvalue weighted by Crippen LogP contribution is 2.38. The van der Waals surface area contributed by atoms with Crippen molar-refractivity contribution >= 4 is 16.9 Å². The Kier molecular flexibility index (Phi) is 6.27. The van der Waals surface area contributed by atoms with Gasteiger partial charge in [0.2, 0.25) is 5.89 Å². The van der Waals surface area contributed by atoms with E-state index in [1.165, 1.54) is 12.1 Å². The van der Waals surface area contributed by atoms with Gasteiger partial charge < -0.3 is 19.7 Å². The van der Waals surface area contributed by atoms with Crippen LogP contribution in [0.1, 0.15) is 29.5 Å². The maximum absolute atomic E-state index is 14.2. The number of hydrogen-bond donors (Lipinski definition) is 3. The lowest BCUT2D eigenvalue weighted by atomic mass is 9.89. The van der Waals surface area contributed by atoms with Crippen molar-refractivity contribution in [1.82, 2.24) is 20.6 Å². The molecule has 6 rings (SSSR count). The van der Waals surface area contributed by atoms with Gasteiger partial charge in [0.1, 0.15) is 23.6 Å². The quantitative estimate of drug-likeness (QED) is 0.296. The van der Waals surface area contributed by atoms with Crippen molar-refractivity contribution in [2.75, 3.05) is 13.7 Å². The Morgan fingerprint density at radius 2 is 1.87 bits per heavy atom. The molecule has 2 aliphatic rings. The van der Waals surface area contributed by atoms with Crippen LogP contribution < -0.4 is 10.7 Å². The molecule has 1 fully saturated rings. The van der Waals surface area contributed by atoms with Crippen LogP contribution in [-0.2, 0) is 12.7 Å².